The fraction of sp³-hybridized carbons (Fsp3) is 0.364. The Morgan fingerprint density at radius 2 is 1.81 bits per heavy atom. The smallest absolute Gasteiger partial charge is 0.407 e. The standard InChI is InChI=1S/C22H27N3O2/c1-14-11-18-19(12-15(14)2)25-20(24-18)17(16-9-7-6-8-10-16)13-23-21(26)27-22(3,4)5/h6-12,17H,13H2,1-5H3,(H,23,26)(H,24,25)/t17-/m0/s1. The number of hydrogen-bond acceptors (Lipinski definition) is 3. The number of rotatable bonds is 4. The van der Waals surface area contributed by atoms with Gasteiger partial charge in [-0.15, -0.1) is 0 Å². The van der Waals surface area contributed by atoms with E-state index in [1.807, 2.05) is 51.1 Å². The number of aryl methyl sites for hydroxylation is 2. The van der Waals surface area contributed by atoms with Gasteiger partial charge in [-0.2, -0.15) is 0 Å². The van der Waals surface area contributed by atoms with Gasteiger partial charge in [-0.25, -0.2) is 9.78 Å². The number of amides is 1. The van der Waals surface area contributed by atoms with E-state index in [0.717, 1.165) is 22.4 Å². The second kappa shape index (κ2) is 7.43. The first-order valence-corrected chi connectivity index (χ1v) is 9.21. The van der Waals surface area contributed by atoms with Gasteiger partial charge in [0.25, 0.3) is 0 Å². The number of H-pyrrole nitrogens is 1. The molecule has 1 atom stereocenters. The normalized spacial score (nSPS) is 12.8. The molecule has 0 radical (unpaired) electrons. The summed E-state index contributed by atoms with van der Waals surface area (Å²) in [5, 5.41) is 2.88. The lowest BCUT2D eigenvalue weighted by atomic mass is 9.98. The van der Waals surface area contributed by atoms with Crippen LogP contribution in [0, 0.1) is 13.8 Å². The summed E-state index contributed by atoms with van der Waals surface area (Å²) >= 11 is 0. The predicted octanol–water partition coefficient (Wildman–Crippen LogP) is 4.84. The first-order valence-electron chi connectivity index (χ1n) is 9.21. The molecule has 2 aromatic carbocycles. The zero-order chi connectivity index (χ0) is 19.6. The average Bonchev–Trinajstić information content (AvgIpc) is 2.97. The highest BCUT2D eigenvalue weighted by molar-refractivity contribution is 5.77. The van der Waals surface area contributed by atoms with Crippen molar-refractivity contribution in [2.24, 2.45) is 0 Å². The molecule has 0 bridgehead atoms. The number of hydrogen-bond donors (Lipinski definition) is 2. The molecule has 0 aliphatic rings. The Morgan fingerprint density at radius 1 is 1.15 bits per heavy atom. The van der Waals surface area contributed by atoms with Crippen molar-refractivity contribution < 1.29 is 9.53 Å². The van der Waals surface area contributed by atoms with Crippen LogP contribution in [0.25, 0.3) is 11.0 Å². The molecule has 0 aliphatic heterocycles. The van der Waals surface area contributed by atoms with Crippen LogP contribution in [0.1, 0.15) is 49.2 Å². The largest absolute Gasteiger partial charge is 0.444 e. The molecule has 3 aromatic rings. The summed E-state index contributed by atoms with van der Waals surface area (Å²) in [5.74, 6) is 0.740. The summed E-state index contributed by atoms with van der Waals surface area (Å²) in [5.41, 5.74) is 4.93. The van der Waals surface area contributed by atoms with Crippen molar-refractivity contribution in [3.63, 3.8) is 0 Å². The number of ether oxygens (including phenoxy) is 1. The fourth-order valence-electron chi connectivity index (χ4n) is 3.01. The minimum absolute atomic E-state index is 0.0910. The maximum atomic E-state index is 12.1. The Labute approximate surface area is 160 Å². The van der Waals surface area contributed by atoms with Gasteiger partial charge in [-0.1, -0.05) is 30.3 Å². The monoisotopic (exact) mass is 365 g/mol. The zero-order valence-corrected chi connectivity index (χ0v) is 16.6. The maximum absolute atomic E-state index is 12.1. The minimum atomic E-state index is -0.527. The van der Waals surface area contributed by atoms with Crippen LogP contribution >= 0.6 is 0 Å². The quantitative estimate of drug-likeness (QED) is 0.695. The molecular formula is C22H27N3O2. The van der Waals surface area contributed by atoms with Gasteiger partial charge in [0.2, 0.25) is 0 Å². The molecule has 142 valence electrons. The van der Waals surface area contributed by atoms with Crippen LogP contribution in [-0.4, -0.2) is 28.2 Å². The third-order valence-corrected chi connectivity index (χ3v) is 4.50. The fourth-order valence-corrected chi connectivity index (χ4v) is 3.01. The van der Waals surface area contributed by atoms with Crippen LogP contribution in [0.4, 0.5) is 4.79 Å². The van der Waals surface area contributed by atoms with E-state index in [4.69, 9.17) is 9.72 Å². The highest BCUT2D eigenvalue weighted by atomic mass is 16.6. The first-order chi connectivity index (χ1) is 12.7. The van der Waals surface area contributed by atoms with Gasteiger partial charge in [-0.3, -0.25) is 0 Å². The molecule has 5 nitrogen and oxygen atoms in total. The molecule has 0 aliphatic carbocycles. The van der Waals surface area contributed by atoms with E-state index in [1.54, 1.807) is 0 Å². The molecule has 1 amide bonds. The van der Waals surface area contributed by atoms with Crippen molar-refractivity contribution in [3.8, 4) is 0 Å². The molecule has 0 fully saturated rings. The lowest BCUT2D eigenvalue weighted by Crippen LogP contribution is -2.35. The number of carbonyl (C=O) groups is 1. The molecule has 0 unspecified atom stereocenters. The molecule has 1 heterocycles. The van der Waals surface area contributed by atoms with Crippen molar-refractivity contribution in [2.75, 3.05) is 6.54 Å². The van der Waals surface area contributed by atoms with E-state index < -0.39 is 11.7 Å². The zero-order valence-electron chi connectivity index (χ0n) is 16.6. The summed E-state index contributed by atoms with van der Waals surface area (Å²) < 4.78 is 5.37. The number of carbonyl (C=O) groups excluding carboxylic acids is 1. The van der Waals surface area contributed by atoms with Crippen molar-refractivity contribution in [1.82, 2.24) is 15.3 Å². The van der Waals surface area contributed by atoms with E-state index in [1.165, 1.54) is 11.1 Å². The van der Waals surface area contributed by atoms with Crippen LogP contribution in [0.2, 0.25) is 0 Å². The highest BCUT2D eigenvalue weighted by Gasteiger charge is 2.22. The Bertz CT molecular complexity index is 900. The van der Waals surface area contributed by atoms with Gasteiger partial charge in [0.05, 0.1) is 17.0 Å². The second-order valence-corrected chi connectivity index (χ2v) is 7.92. The summed E-state index contributed by atoms with van der Waals surface area (Å²) in [7, 11) is 0. The number of benzene rings is 2. The number of aromatic nitrogens is 2. The Kier molecular flexibility index (Phi) is 5.22. The molecular weight excluding hydrogens is 338 g/mol. The molecule has 0 saturated carbocycles. The van der Waals surface area contributed by atoms with E-state index in [9.17, 15) is 4.79 Å². The van der Waals surface area contributed by atoms with Crippen molar-refractivity contribution in [1.29, 1.82) is 0 Å². The predicted molar refractivity (Wildman–Crippen MR) is 108 cm³/mol. The number of imidazole rings is 1. The van der Waals surface area contributed by atoms with E-state index >= 15 is 0 Å². The van der Waals surface area contributed by atoms with Gasteiger partial charge in [-0.05, 0) is 63.4 Å². The van der Waals surface area contributed by atoms with E-state index in [-0.39, 0.29) is 5.92 Å². The SMILES string of the molecule is Cc1cc2nc([C@@H](CNC(=O)OC(C)(C)C)c3ccccc3)[nH]c2cc1C. The number of nitrogens with zero attached hydrogens (tertiary/aromatic N) is 1. The average molecular weight is 365 g/mol. The molecule has 2 N–H and O–H groups in total. The molecule has 0 saturated heterocycles. The van der Waals surface area contributed by atoms with Crippen LogP contribution in [0.3, 0.4) is 0 Å². The Hall–Kier alpha value is -2.82. The maximum Gasteiger partial charge on any atom is 0.407 e. The summed E-state index contributed by atoms with van der Waals surface area (Å²) in [6.45, 7) is 10.1. The van der Waals surface area contributed by atoms with Crippen LogP contribution < -0.4 is 5.32 Å². The topological polar surface area (TPSA) is 67.0 Å². The van der Waals surface area contributed by atoms with Crippen LogP contribution in [-0.2, 0) is 4.74 Å². The Morgan fingerprint density at radius 3 is 2.48 bits per heavy atom. The second-order valence-electron chi connectivity index (χ2n) is 7.92. The van der Waals surface area contributed by atoms with Gasteiger partial charge in [0, 0.05) is 6.54 Å². The van der Waals surface area contributed by atoms with Gasteiger partial charge < -0.3 is 15.0 Å². The highest BCUT2D eigenvalue weighted by Crippen LogP contribution is 2.25. The third-order valence-electron chi connectivity index (χ3n) is 4.50. The number of fused-ring (bicyclic) bond motifs is 1. The van der Waals surface area contributed by atoms with Crippen molar-refractivity contribution in [3.05, 3.63) is 65.0 Å². The lowest BCUT2D eigenvalue weighted by Gasteiger charge is -2.21. The van der Waals surface area contributed by atoms with Gasteiger partial charge >= 0.3 is 6.09 Å². The molecule has 0 spiro atoms. The molecule has 1 aromatic heterocycles. The molecule has 5 heteroatoms. The van der Waals surface area contributed by atoms with E-state index in [2.05, 4.69) is 36.3 Å². The number of nitrogens with one attached hydrogen (secondary N) is 2. The first kappa shape index (κ1) is 19.0. The molecule has 27 heavy (non-hydrogen) atoms. The van der Waals surface area contributed by atoms with Crippen molar-refractivity contribution >= 4 is 17.1 Å². The van der Waals surface area contributed by atoms with E-state index in [0.29, 0.717) is 6.54 Å². The minimum Gasteiger partial charge on any atom is -0.444 e. The summed E-state index contributed by atoms with van der Waals surface area (Å²) in [4.78, 5) is 20.4. The summed E-state index contributed by atoms with van der Waals surface area (Å²) in [6, 6.07) is 14.3. The lowest BCUT2D eigenvalue weighted by molar-refractivity contribution is 0.0526. The number of aromatic amines is 1. The van der Waals surface area contributed by atoms with Gasteiger partial charge in [0.15, 0.2) is 0 Å². The van der Waals surface area contributed by atoms with Crippen LogP contribution in [0.5, 0.6) is 0 Å². The third kappa shape index (κ3) is 4.67. The van der Waals surface area contributed by atoms with Crippen molar-refractivity contribution in [2.45, 2.75) is 46.1 Å². The number of alkyl carbamates (subject to hydrolysis) is 1. The van der Waals surface area contributed by atoms with Gasteiger partial charge in [0.1, 0.15) is 11.4 Å². The summed E-state index contributed by atoms with van der Waals surface area (Å²) in [6.07, 6.45) is -0.425. The molecule has 3 rings (SSSR count). The van der Waals surface area contributed by atoms with Crippen LogP contribution in [0.15, 0.2) is 42.5 Å². The Balaban J connectivity index is 1.90.